The first kappa shape index (κ1) is 18.3. The van der Waals surface area contributed by atoms with Gasteiger partial charge in [0.25, 0.3) is 5.91 Å². The van der Waals surface area contributed by atoms with E-state index in [4.69, 9.17) is 34.8 Å². The molecule has 0 saturated heterocycles. The zero-order chi connectivity index (χ0) is 18.5. The number of hydrazone groups is 1. The fourth-order valence-electron chi connectivity index (χ4n) is 2.03. The summed E-state index contributed by atoms with van der Waals surface area (Å²) in [7, 11) is 0. The third-order valence-corrected chi connectivity index (χ3v) is 3.94. The Morgan fingerprint density at radius 3 is 2.62 bits per heavy atom. The van der Waals surface area contributed by atoms with Crippen LogP contribution >= 0.6 is 34.8 Å². The maximum absolute atomic E-state index is 11.9. The monoisotopic (exact) mass is 408 g/mol. The quantitative estimate of drug-likeness (QED) is 0.516. The molecule has 0 bridgehead atoms. The number of carbonyl (C=O) groups is 1. The second-order valence-electron chi connectivity index (χ2n) is 5.12. The lowest BCUT2D eigenvalue weighted by Gasteiger charge is -1.99. The molecule has 2 aromatic carbocycles. The standard InChI is InChI=1S/C16H11Cl3N6O/c17-12-5-11(6-13(18)7-12)16-22-24-25(23-16)9-15(26)21-20-8-10-3-1-2-4-14(10)19/h1-8H,9H2,(H,21,26)/b20-8-. The van der Waals surface area contributed by atoms with E-state index in [0.717, 1.165) is 4.80 Å². The molecule has 0 spiro atoms. The molecule has 1 heterocycles. The Bertz CT molecular complexity index is 952. The van der Waals surface area contributed by atoms with Gasteiger partial charge >= 0.3 is 0 Å². The van der Waals surface area contributed by atoms with Crippen LogP contribution in [0.3, 0.4) is 0 Å². The molecule has 3 rings (SSSR count). The lowest BCUT2D eigenvalue weighted by atomic mass is 10.2. The number of aromatic nitrogens is 4. The Labute approximate surface area is 163 Å². The summed E-state index contributed by atoms with van der Waals surface area (Å²) in [6.45, 7) is -0.152. The molecular weight excluding hydrogens is 399 g/mol. The lowest BCUT2D eigenvalue weighted by Crippen LogP contribution is -2.24. The number of nitrogens with zero attached hydrogens (tertiary/aromatic N) is 5. The maximum Gasteiger partial charge on any atom is 0.263 e. The van der Waals surface area contributed by atoms with Crippen molar-refractivity contribution in [3.63, 3.8) is 0 Å². The van der Waals surface area contributed by atoms with Crippen molar-refractivity contribution >= 4 is 46.9 Å². The second-order valence-corrected chi connectivity index (χ2v) is 6.40. The molecule has 0 aliphatic carbocycles. The van der Waals surface area contributed by atoms with Crippen LogP contribution in [0.2, 0.25) is 15.1 Å². The molecule has 0 aliphatic heterocycles. The zero-order valence-corrected chi connectivity index (χ0v) is 15.4. The molecule has 3 aromatic rings. The van der Waals surface area contributed by atoms with E-state index in [0.29, 0.717) is 32.0 Å². The van der Waals surface area contributed by atoms with Crippen LogP contribution in [-0.4, -0.2) is 32.3 Å². The molecule has 0 fully saturated rings. The van der Waals surface area contributed by atoms with Crippen LogP contribution in [0.5, 0.6) is 0 Å². The number of hydrogen-bond donors (Lipinski definition) is 1. The number of tetrazole rings is 1. The Kier molecular flexibility index (Phi) is 5.82. The zero-order valence-electron chi connectivity index (χ0n) is 13.1. The van der Waals surface area contributed by atoms with Crippen molar-refractivity contribution in [3.8, 4) is 11.4 Å². The van der Waals surface area contributed by atoms with Crippen molar-refractivity contribution in [2.75, 3.05) is 0 Å². The molecule has 0 atom stereocenters. The van der Waals surface area contributed by atoms with E-state index in [1.54, 1.807) is 36.4 Å². The third kappa shape index (κ3) is 4.78. The van der Waals surface area contributed by atoms with Gasteiger partial charge in [-0.1, -0.05) is 53.0 Å². The normalized spacial score (nSPS) is 11.0. The molecule has 10 heteroatoms. The van der Waals surface area contributed by atoms with E-state index in [1.807, 2.05) is 6.07 Å². The van der Waals surface area contributed by atoms with Crippen LogP contribution in [0.15, 0.2) is 47.6 Å². The summed E-state index contributed by atoms with van der Waals surface area (Å²) in [5.41, 5.74) is 3.67. The second kappa shape index (κ2) is 8.27. The topological polar surface area (TPSA) is 85.1 Å². The molecule has 7 nitrogen and oxygen atoms in total. The van der Waals surface area contributed by atoms with Crippen LogP contribution < -0.4 is 5.43 Å². The first-order valence-corrected chi connectivity index (χ1v) is 8.45. The number of halogens is 3. The van der Waals surface area contributed by atoms with Gasteiger partial charge < -0.3 is 0 Å². The molecule has 132 valence electrons. The largest absolute Gasteiger partial charge is 0.271 e. The number of benzene rings is 2. The summed E-state index contributed by atoms with van der Waals surface area (Å²) in [5.74, 6) is -0.108. The SMILES string of the molecule is O=C(Cn1nnc(-c2cc(Cl)cc(Cl)c2)n1)N/N=C\c1ccccc1Cl. The molecule has 0 saturated carbocycles. The highest BCUT2D eigenvalue weighted by Crippen LogP contribution is 2.24. The van der Waals surface area contributed by atoms with Crippen molar-refractivity contribution in [1.29, 1.82) is 0 Å². The summed E-state index contributed by atoms with van der Waals surface area (Å²) >= 11 is 17.9. The van der Waals surface area contributed by atoms with Crippen molar-refractivity contribution in [2.45, 2.75) is 6.54 Å². The van der Waals surface area contributed by atoms with Crippen molar-refractivity contribution < 1.29 is 4.79 Å². The van der Waals surface area contributed by atoms with Crippen molar-refractivity contribution in [2.24, 2.45) is 5.10 Å². The summed E-state index contributed by atoms with van der Waals surface area (Å²) in [5, 5.41) is 17.1. The number of carbonyl (C=O) groups excluding carboxylic acids is 1. The minimum absolute atomic E-state index is 0.152. The van der Waals surface area contributed by atoms with Gasteiger partial charge in [-0.05, 0) is 29.5 Å². The average molecular weight is 410 g/mol. The predicted octanol–water partition coefficient (Wildman–Crippen LogP) is 3.45. The molecule has 1 aromatic heterocycles. The van der Waals surface area contributed by atoms with Crippen LogP contribution in [-0.2, 0) is 11.3 Å². The molecule has 0 radical (unpaired) electrons. The predicted molar refractivity (Wildman–Crippen MR) is 100 cm³/mol. The van der Waals surface area contributed by atoms with E-state index >= 15 is 0 Å². The van der Waals surface area contributed by atoms with Gasteiger partial charge in [0.05, 0.1) is 6.21 Å². The van der Waals surface area contributed by atoms with Crippen LogP contribution in [0.25, 0.3) is 11.4 Å². The first-order valence-electron chi connectivity index (χ1n) is 7.32. The van der Waals surface area contributed by atoms with Crippen LogP contribution in [0.1, 0.15) is 5.56 Å². The lowest BCUT2D eigenvalue weighted by molar-refractivity contribution is -0.122. The summed E-state index contributed by atoms with van der Waals surface area (Å²) in [6.07, 6.45) is 1.45. The van der Waals surface area contributed by atoms with E-state index in [9.17, 15) is 4.79 Å². The maximum atomic E-state index is 11.9. The molecule has 1 N–H and O–H groups in total. The van der Waals surface area contributed by atoms with Gasteiger partial charge in [-0.15, -0.1) is 10.2 Å². The highest BCUT2D eigenvalue weighted by Gasteiger charge is 2.10. The van der Waals surface area contributed by atoms with E-state index in [-0.39, 0.29) is 6.54 Å². The van der Waals surface area contributed by atoms with Gasteiger partial charge in [0.15, 0.2) is 0 Å². The first-order chi connectivity index (χ1) is 12.5. The third-order valence-electron chi connectivity index (χ3n) is 3.16. The van der Waals surface area contributed by atoms with Gasteiger partial charge in [0, 0.05) is 26.2 Å². The highest BCUT2D eigenvalue weighted by molar-refractivity contribution is 6.35. The minimum atomic E-state index is -0.415. The summed E-state index contributed by atoms with van der Waals surface area (Å²) < 4.78 is 0. The van der Waals surface area contributed by atoms with Crippen molar-refractivity contribution in [1.82, 2.24) is 25.6 Å². The van der Waals surface area contributed by atoms with E-state index < -0.39 is 5.91 Å². The molecular formula is C16H11Cl3N6O. The fraction of sp³-hybridized carbons (Fsp3) is 0.0625. The molecule has 26 heavy (non-hydrogen) atoms. The fourth-order valence-corrected chi connectivity index (χ4v) is 2.74. The van der Waals surface area contributed by atoms with E-state index in [2.05, 4.69) is 25.9 Å². The molecule has 0 unspecified atom stereocenters. The Morgan fingerprint density at radius 2 is 1.88 bits per heavy atom. The number of amides is 1. The Hall–Kier alpha value is -2.48. The molecule has 0 aliphatic rings. The van der Waals surface area contributed by atoms with Crippen LogP contribution in [0, 0.1) is 0 Å². The van der Waals surface area contributed by atoms with Gasteiger partial charge in [-0.3, -0.25) is 4.79 Å². The molecule has 1 amide bonds. The van der Waals surface area contributed by atoms with Gasteiger partial charge in [0.2, 0.25) is 5.82 Å². The Balaban J connectivity index is 1.62. The van der Waals surface area contributed by atoms with Crippen LogP contribution in [0.4, 0.5) is 0 Å². The number of hydrogen-bond acceptors (Lipinski definition) is 5. The summed E-state index contributed by atoms with van der Waals surface area (Å²) in [4.78, 5) is 13.1. The number of rotatable bonds is 5. The number of nitrogens with one attached hydrogen (secondary N) is 1. The van der Waals surface area contributed by atoms with Gasteiger partial charge in [-0.25, -0.2) is 5.43 Å². The van der Waals surface area contributed by atoms with E-state index in [1.165, 1.54) is 6.21 Å². The Morgan fingerprint density at radius 1 is 1.15 bits per heavy atom. The summed E-state index contributed by atoms with van der Waals surface area (Å²) in [6, 6.07) is 12.0. The minimum Gasteiger partial charge on any atom is -0.271 e. The van der Waals surface area contributed by atoms with Gasteiger partial charge in [0.1, 0.15) is 6.54 Å². The van der Waals surface area contributed by atoms with Crippen molar-refractivity contribution in [3.05, 3.63) is 63.1 Å². The smallest absolute Gasteiger partial charge is 0.263 e. The average Bonchev–Trinajstić information content (AvgIpc) is 3.04. The highest BCUT2D eigenvalue weighted by atomic mass is 35.5. The van der Waals surface area contributed by atoms with Gasteiger partial charge in [-0.2, -0.15) is 9.90 Å².